The van der Waals surface area contributed by atoms with Crippen LogP contribution in [0.15, 0.2) is 47.8 Å². The molecule has 0 atom stereocenters. The first-order chi connectivity index (χ1) is 13.6. The summed E-state index contributed by atoms with van der Waals surface area (Å²) in [5.74, 6) is 0.129. The summed E-state index contributed by atoms with van der Waals surface area (Å²) < 4.78 is 1.95. The van der Waals surface area contributed by atoms with Gasteiger partial charge in [-0.1, -0.05) is 36.4 Å². The molecule has 1 N–H and O–H groups in total. The third kappa shape index (κ3) is 4.03. The molecule has 146 valence electrons. The van der Waals surface area contributed by atoms with Gasteiger partial charge in [-0.15, -0.1) is 11.3 Å². The van der Waals surface area contributed by atoms with Crippen molar-refractivity contribution in [1.82, 2.24) is 14.7 Å². The molecule has 0 saturated carbocycles. The summed E-state index contributed by atoms with van der Waals surface area (Å²) >= 11 is 1.82. The van der Waals surface area contributed by atoms with Crippen molar-refractivity contribution in [2.24, 2.45) is 0 Å². The van der Waals surface area contributed by atoms with E-state index in [-0.39, 0.29) is 5.91 Å². The van der Waals surface area contributed by atoms with Gasteiger partial charge in [0.2, 0.25) is 0 Å². The summed E-state index contributed by atoms with van der Waals surface area (Å²) in [6.45, 7) is 9.32. The summed E-state index contributed by atoms with van der Waals surface area (Å²) in [5, 5.41) is 6.78. The first-order valence-corrected chi connectivity index (χ1v) is 10.7. The number of hydrogen-bond donors (Lipinski definition) is 1. The molecule has 4 rings (SSSR count). The van der Waals surface area contributed by atoms with E-state index in [1.165, 1.54) is 10.4 Å². The van der Waals surface area contributed by atoms with Crippen LogP contribution in [0.2, 0.25) is 0 Å². The Morgan fingerprint density at radius 1 is 1.11 bits per heavy atom. The number of carbonyl (C=O) groups is 1. The first kappa shape index (κ1) is 18.9. The smallest absolute Gasteiger partial charge is 0.258 e. The lowest BCUT2D eigenvalue weighted by atomic mass is 10.1. The zero-order valence-corrected chi connectivity index (χ0v) is 17.3. The second-order valence-electron chi connectivity index (χ2n) is 7.49. The molecule has 1 saturated heterocycles. The number of hydrogen-bond acceptors (Lipinski definition) is 3. The van der Waals surface area contributed by atoms with Crippen molar-refractivity contribution < 1.29 is 9.69 Å². The van der Waals surface area contributed by atoms with E-state index in [1.54, 1.807) is 4.90 Å². The highest BCUT2D eigenvalue weighted by Gasteiger charge is 2.28. The summed E-state index contributed by atoms with van der Waals surface area (Å²) in [7, 11) is 0. The normalized spacial score (nSPS) is 15.1. The predicted octanol–water partition coefficient (Wildman–Crippen LogP) is 2.15. The van der Waals surface area contributed by atoms with Crippen LogP contribution in [0, 0.1) is 13.8 Å². The molecule has 0 radical (unpaired) electrons. The number of rotatable bonds is 5. The minimum absolute atomic E-state index is 0.129. The van der Waals surface area contributed by atoms with Crippen LogP contribution in [0.4, 0.5) is 0 Å². The molecule has 0 unspecified atom stereocenters. The lowest BCUT2D eigenvalue weighted by Crippen LogP contribution is -3.13. The van der Waals surface area contributed by atoms with Crippen molar-refractivity contribution >= 4 is 17.2 Å². The highest BCUT2D eigenvalue weighted by atomic mass is 32.1. The Morgan fingerprint density at radius 3 is 2.54 bits per heavy atom. The lowest BCUT2D eigenvalue weighted by molar-refractivity contribution is -0.917. The summed E-state index contributed by atoms with van der Waals surface area (Å²) in [6, 6.07) is 14.6. The number of thiophene rings is 1. The van der Waals surface area contributed by atoms with Crippen molar-refractivity contribution in [1.29, 1.82) is 0 Å². The molecular weight excluding hydrogens is 368 g/mol. The Labute approximate surface area is 170 Å². The van der Waals surface area contributed by atoms with Gasteiger partial charge in [0, 0.05) is 5.69 Å². The van der Waals surface area contributed by atoms with Gasteiger partial charge in [-0.25, -0.2) is 0 Å². The van der Waals surface area contributed by atoms with Crippen LogP contribution in [0.5, 0.6) is 0 Å². The average Bonchev–Trinajstić information content (AvgIpc) is 3.31. The van der Waals surface area contributed by atoms with Crippen molar-refractivity contribution in [2.75, 3.05) is 26.2 Å². The van der Waals surface area contributed by atoms with Crippen LogP contribution >= 0.6 is 11.3 Å². The van der Waals surface area contributed by atoms with Gasteiger partial charge < -0.3 is 9.80 Å². The Bertz CT molecular complexity index is 925. The van der Waals surface area contributed by atoms with Gasteiger partial charge >= 0.3 is 0 Å². The SMILES string of the molecule is Cc1nn(Cc2ccccc2)c(C)c1C(=O)N1CC[NH+](Cc2cccs2)CC1. The van der Waals surface area contributed by atoms with Crippen LogP contribution in [0.3, 0.4) is 0 Å². The molecule has 28 heavy (non-hydrogen) atoms. The van der Waals surface area contributed by atoms with Gasteiger partial charge in [-0.3, -0.25) is 9.48 Å². The minimum atomic E-state index is 0.129. The van der Waals surface area contributed by atoms with Gasteiger partial charge in [-0.2, -0.15) is 5.10 Å². The third-order valence-electron chi connectivity index (χ3n) is 5.53. The van der Waals surface area contributed by atoms with Gasteiger partial charge in [0.15, 0.2) is 0 Å². The number of aromatic nitrogens is 2. The maximum atomic E-state index is 13.2. The highest BCUT2D eigenvalue weighted by molar-refractivity contribution is 7.09. The van der Waals surface area contributed by atoms with E-state index in [2.05, 4.69) is 34.7 Å². The first-order valence-electron chi connectivity index (χ1n) is 9.85. The number of nitrogens with zero attached hydrogens (tertiary/aromatic N) is 3. The Morgan fingerprint density at radius 2 is 1.86 bits per heavy atom. The monoisotopic (exact) mass is 395 g/mol. The zero-order chi connectivity index (χ0) is 19.5. The predicted molar refractivity (Wildman–Crippen MR) is 112 cm³/mol. The molecule has 0 bridgehead atoms. The quantitative estimate of drug-likeness (QED) is 0.719. The molecule has 3 heterocycles. The fraction of sp³-hybridized carbons (Fsp3) is 0.364. The van der Waals surface area contributed by atoms with Gasteiger partial charge in [0.05, 0.1) is 48.9 Å². The van der Waals surface area contributed by atoms with E-state index in [0.29, 0.717) is 6.54 Å². The molecule has 6 heteroatoms. The third-order valence-corrected chi connectivity index (χ3v) is 6.41. The van der Waals surface area contributed by atoms with Crippen LogP contribution in [-0.4, -0.2) is 46.8 Å². The van der Waals surface area contributed by atoms with Crippen LogP contribution < -0.4 is 4.90 Å². The van der Waals surface area contributed by atoms with Crippen molar-refractivity contribution in [3.63, 3.8) is 0 Å². The molecule has 2 aromatic heterocycles. The molecular formula is C22H27N4OS+. The minimum Gasteiger partial charge on any atom is -0.328 e. The fourth-order valence-corrected chi connectivity index (χ4v) is 4.71. The summed E-state index contributed by atoms with van der Waals surface area (Å²) in [5.41, 5.74) is 3.75. The number of amides is 1. The van der Waals surface area contributed by atoms with Crippen molar-refractivity contribution in [3.05, 3.63) is 75.2 Å². The summed E-state index contributed by atoms with van der Waals surface area (Å²) in [4.78, 5) is 18.2. The Kier molecular flexibility index (Phi) is 5.59. The van der Waals surface area contributed by atoms with Crippen LogP contribution in [-0.2, 0) is 13.1 Å². The highest BCUT2D eigenvalue weighted by Crippen LogP contribution is 2.17. The van der Waals surface area contributed by atoms with E-state index in [9.17, 15) is 4.79 Å². The van der Waals surface area contributed by atoms with E-state index >= 15 is 0 Å². The number of benzene rings is 1. The van der Waals surface area contributed by atoms with E-state index in [4.69, 9.17) is 0 Å². The molecule has 1 aliphatic heterocycles. The van der Waals surface area contributed by atoms with E-state index in [0.717, 1.165) is 49.7 Å². The molecule has 0 aliphatic carbocycles. The molecule has 1 aliphatic rings. The number of piperazine rings is 1. The largest absolute Gasteiger partial charge is 0.328 e. The fourth-order valence-electron chi connectivity index (χ4n) is 3.94. The van der Waals surface area contributed by atoms with Gasteiger partial charge in [0.1, 0.15) is 6.54 Å². The summed E-state index contributed by atoms with van der Waals surface area (Å²) in [6.07, 6.45) is 0. The lowest BCUT2D eigenvalue weighted by Gasteiger charge is -2.32. The second-order valence-corrected chi connectivity index (χ2v) is 8.52. The Hall–Kier alpha value is -2.44. The molecule has 1 fully saturated rings. The second kappa shape index (κ2) is 8.29. The molecule has 1 amide bonds. The number of nitrogens with one attached hydrogen (secondary N) is 1. The van der Waals surface area contributed by atoms with Gasteiger partial charge in [0.25, 0.3) is 5.91 Å². The van der Waals surface area contributed by atoms with Crippen LogP contribution in [0.25, 0.3) is 0 Å². The number of aryl methyl sites for hydroxylation is 1. The maximum Gasteiger partial charge on any atom is 0.258 e. The number of quaternary nitrogens is 1. The topological polar surface area (TPSA) is 42.6 Å². The Balaban J connectivity index is 1.42. The van der Waals surface area contributed by atoms with Gasteiger partial charge in [-0.05, 0) is 30.9 Å². The number of carbonyl (C=O) groups excluding carboxylic acids is 1. The van der Waals surface area contributed by atoms with Crippen molar-refractivity contribution in [2.45, 2.75) is 26.9 Å². The molecule has 5 nitrogen and oxygen atoms in total. The molecule has 1 aromatic carbocycles. The van der Waals surface area contributed by atoms with E-state index < -0.39 is 0 Å². The maximum absolute atomic E-state index is 13.2. The van der Waals surface area contributed by atoms with Crippen molar-refractivity contribution in [3.8, 4) is 0 Å². The van der Waals surface area contributed by atoms with E-state index in [1.807, 2.05) is 53.0 Å². The van der Waals surface area contributed by atoms with Crippen LogP contribution in [0.1, 0.15) is 32.2 Å². The molecule has 3 aromatic rings. The zero-order valence-electron chi connectivity index (χ0n) is 16.5. The average molecular weight is 396 g/mol. The standard InChI is InChI=1S/C22H26N4OS/c1-17-21(18(2)26(23-17)15-19-7-4-3-5-8-19)22(27)25-12-10-24(11-13-25)16-20-9-6-14-28-20/h3-9,14H,10-13,15-16H2,1-2H3/p+1. The molecule has 0 spiro atoms.